The third-order valence-corrected chi connectivity index (χ3v) is 7.05. The molecule has 1 aromatic carbocycles. The summed E-state index contributed by atoms with van der Waals surface area (Å²) in [6.45, 7) is 2.73. The zero-order chi connectivity index (χ0) is 26.5. The molecule has 1 fully saturated rings. The van der Waals surface area contributed by atoms with Gasteiger partial charge in [-0.05, 0) is 44.2 Å². The number of nitrogens with one attached hydrogen (secondary N) is 1. The summed E-state index contributed by atoms with van der Waals surface area (Å²) >= 11 is 5.89. The number of nitrogen functional groups attached to an aromatic ring is 1. The summed E-state index contributed by atoms with van der Waals surface area (Å²) in [6.07, 6.45) is -3.07. The molecule has 3 rings (SSSR count). The third-order valence-electron chi connectivity index (χ3n) is 5.15. The van der Waals surface area contributed by atoms with E-state index in [1.807, 2.05) is 0 Å². The van der Waals surface area contributed by atoms with Gasteiger partial charge in [-0.15, -0.1) is 0 Å². The van der Waals surface area contributed by atoms with Crippen LogP contribution in [0.15, 0.2) is 41.3 Å². The van der Waals surface area contributed by atoms with Gasteiger partial charge in [-0.3, -0.25) is 13.9 Å². The minimum Gasteiger partial charge on any atom is -0.465 e. The minimum absolute atomic E-state index is 0.0192. The lowest BCUT2D eigenvalue weighted by Crippen LogP contribution is -2.38. The highest BCUT2D eigenvalue weighted by molar-refractivity contribution is 7.52. The molecule has 15 heteroatoms. The third kappa shape index (κ3) is 6.83. The number of aliphatic hydroxyl groups is 1. The fourth-order valence-electron chi connectivity index (χ4n) is 3.41. The van der Waals surface area contributed by atoms with E-state index < -0.39 is 56.6 Å². The predicted molar refractivity (Wildman–Crippen MR) is 128 cm³/mol. The molecule has 36 heavy (non-hydrogen) atoms. The van der Waals surface area contributed by atoms with Gasteiger partial charge < -0.3 is 29.6 Å². The first-order valence-electron chi connectivity index (χ1n) is 10.9. The number of ether oxygens (including phenoxy) is 3. The molecule has 1 aromatic heterocycles. The fraction of sp³-hybridized carbons (Fsp3) is 0.476. The Bertz CT molecular complexity index is 1150. The van der Waals surface area contributed by atoms with Gasteiger partial charge in [-0.1, -0.05) is 11.6 Å². The lowest BCUT2D eigenvalue weighted by molar-refractivity contribution is -0.144. The average molecular weight is 547 g/mol. The molecule has 0 aliphatic carbocycles. The standard InChI is InChI=1S/C21H28ClN4O9P/c1-4-32-20(28)12(2)25-36(30,35-14-7-5-13(22)6-8-14)33-11-15-17(27)18(31-3)19(34-15)26-10-9-16(23)24-21(26)29/h5-10,12,15,17-19,27H,4,11H2,1-3H3,(H,25,30)(H2,23,24,29)/t12-,15+,17?,18?,19+,36?/m0/s1. The van der Waals surface area contributed by atoms with Crippen molar-refractivity contribution in [3.63, 3.8) is 0 Å². The van der Waals surface area contributed by atoms with Crippen LogP contribution in [0, 0.1) is 0 Å². The number of nitrogens with zero attached hydrogens (tertiary/aromatic N) is 2. The molecule has 0 radical (unpaired) electrons. The van der Waals surface area contributed by atoms with Crippen LogP contribution in [0.3, 0.4) is 0 Å². The first-order chi connectivity index (χ1) is 17.1. The summed E-state index contributed by atoms with van der Waals surface area (Å²) in [5, 5.41) is 13.7. The van der Waals surface area contributed by atoms with E-state index >= 15 is 0 Å². The lowest BCUT2D eigenvalue weighted by atomic mass is 10.1. The van der Waals surface area contributed by atoms with Gasteiger partial charge in [-0.25, -0.2) is 9.36 Å². The first kappa shape index (κ1) is 28.1. The highest BCUT2D eigenvalue weighted by Crippen LogP contribution is 2.46. The number of esters is 1. The topological polar surface area (TPSA) is 173 Å². The van der Waals surface area contributed by atoms with Crippen molar-refractivity contribution in [3.8, 4) is 5.75 Å². The number of methoxy groups -OCH3 is 1. The number of rotatable bonds is 11. The number of aliphatic hydroxyl groups excluding tert-OH is 1. The first-order valence-corrected chi connectivity index (χ1v) is 12.8. The second-order valence-corrected chi connectivity index (χ2v) is 9.87. The molecule has 0 saturated carbocycles. The number of carbonyl (C=O) groups is 1. The second kappa shape index (κ2) is 12.2. The number of hydrogen-bond acceptors (Lipinski definition) is 11. The predicted octanol–water partition coefficient (Wildman–Crippen LogP) is 1.50. The van der Waals surface area contributed by atoms with Crippen molar-refractivity contribution in [1.82, 2.24) is 14.6 Å². The number of aromatic nitrogens is 2. The molecule has 2 aromatic rings. The van der Waals surface area contributed by atoms with Gasteiger partial charge in [0.2, 0.25) is 0 Å². The van der Waals surface area contributed by atoms with Crippen LogP contribution in [0.2, 0.25) is 5.02 Å². The smallest absolute Gasteiger partial charge is 0.459 e. The minimum atomic E-state index is -4.23. The fourth-order valence-corrected chi connectivity index (χ4v) is 5.04. The Morgan fingerprint density at radius 1 is 1.36 bits per heavy atom. The van der Waals surface area contributed by atoms with E-state index in [-0.39, 0.29) is 18.2 Å². The van der Waals surface area contributed by atoms with E-state index in [0.717, 1.165) is 4.57 Å². The molecule has 0 amide bonds. The number of anilines is 1. The maximum atomic E-state index is 13.6. The van der Waals surface area contributed by atoms with Crippen molar-refractivity contribution in [1.29, 1.82) is 0 Å². The van der Waals surface area contributed by atoms with Crippen LogP contribution in [-0.4, -0.2) is 65.3 Å². The van der Waals surface area contributed by atoms with Crippen LogP contribution in [0.5, 0.6) is 5.75 Å². The average Bonchev–Trinajstić information content (AvgIpc) is 3.14. The van der Waals surface area contributed by atoms with Crippen LogP contribution in [0.4, 0.5) is 5.82 Å². The van der Waals surface area contributed by atoms with Crippen LogP contribution in [0.1, 0.15) is 20.1 Å². The van der Waals surface area contributed by atoms with Crippen molar-refractivity contribution in [3.05, 3.63) is 52.0 Å². The van der Waals surface area contributed by atoms with Crippen molar-refractivity contribution >= 4 is 31.1 Å². The highest BCUT2D eigenvalue weighted by atomic mass is 35.5. The summed E-state index contributed by atoms with van der Waals surface area (Å²) < 4.78 is 41.9. The molecule has 1 saturated heterocycles. The van der Waals surface area contributed by atoms with Gasteiger partial charge in [0.15, 0.2) is 6.23 Å². The number of nitrogens with two attached hydrogens (primary N) is 1. The molecule has 6 atom stereocenters. The summed E-state index contributed by atoms with van der Waals surface area (Å²) in [7, 11) is -2.89. The SMILES string of the molecule is CCOC(=O)[C@H](C)NP(=O)(OC[C@H]1O[C@@H](n2ccc(N)nc2=O)C(OC)C1O)Oc1ccc(Cl)cc1. The van der Waals surface area contributed by atoms with Gasteiger partial charge in [0.05, 0.1) is 13.2 Å². The van der Waals surface area contributed by atoms with Gasteiger partial charge in [-0.2, -0.15) is 10.1 Å². The number of carbonyl (C=O) groups excluding carboxylic acids is 1. The van der Waals surface area contributed by atoms with E-state index in [0.29, 0.717) is 5.02 Å². The maximum absolute atomic E-state index is 13.6. The molecule has 0 spiro atoms. The zero-order valence-electron chi connectivity index (χ0n) is 19.8. The van der Waals surface area contributed by atoms with Crippen molar-refractivity contribution in [2.45, 2.75) is 44.4 Å². The quantitative estimate of drug-likeness (QED) is 0.274. The summed E-state index contributed by atoms with van der Waals surface area (Å²) in [5.41, 5.74) is 4.83. The van der Waals surface area contributed by atoms with Crippen LogP contribution >= 0.6 is 19.3 Å². The molecule has 4 N–H and O–H groups in total. The molecule has 13 nitrogen and oxygen atoms in total. The van der Waals surface area contributed by atoms with Crippen molar-refractivity contribution in [2.75, 3.05) is 26.1 Å². The number of hydrogen-bond donors (Lipinski definition) is 3. The van der Waals surface area contributed by atoms with E-state index in [1.165, 1.54) is 50.6 Å². The van der Waals surface area contributed by atoms with Crippen molar-refractivity contribution < 1.29 is 37.7 Å². The Kier molecular flexibility index (Phi) is 9.47. The van der Waals surface area contributed by atoms with E-state index in [1.54, 1.807) is 6.92 Å². The van der Waals surface area contributed by atoms with E-state index in [9.17, 15) is 19.3 Å². The molecule has 1 aliphatic heterocycles. The van der Waals surface area contributed by atoms with Crippen LogP contribution in [0.25, 0.3) is 0 Å². The Hall–Kier alpha value is -2.51. The van der Waals surface area contributed by atoms with E-state index in [2.05, 4.69) is 10.1 Å². The monoisotopic (exact) mass is 546 g/mol. The lowest BCUT2D eigenvalue weighted by Gasteiger charge is -2.24. The summed E-state index contributed by atoms with van der Waals surface area (Å²) in [6, 6.07) is 6.30. The van der Waals surface area contributed by atoms with Crippen LogP contribution < -0.4 is 21.0 Å². The Balaban J connectivity index is 1.79. The molecule has 3 unspecified atom stereocenters. The molecular weight excluding hydrogens is 519 g/mol. The largest absolute Gasteiger partial charge is 0.465 e. The highest BCUT2D eigenvalue weighted by Gasteiger charge is 2.47. The number of halogens is 1. The number of benzene rings is 1. The Morgan fingerprint density at radius 3 is 2.67 bits per heavy atom. The molecular formula is C21H28ClN4O9P. The summed E-state index contributed by atoms with van der Waals surface area (Å²) in [5.74, 6) is -0.509. The van der Waals surface area contributed by atoms with Crippen molar-refractivity contribution in [2.24, 2.45) is 0 Å². The van der Waals surface area contributed by atoms with Gasteiger partial charge in [0, 0.05) is 18.3 Å². The maximum Gasteiger partial charge on any atom is 0.459 e. The molecule has 2 heterocycles. The second-order valence-electron chi connectivity index (χ2n) is 7.74. The van der Waals surface area contributed by atoms with Gasteiger partial charge >= 0.3 is 19.4 Å². The van der Waals surface area contributed by atoms with Crippen LogP contribution in [-0.2, 0) is 28.1 Å². The van der Waals surface area contributed by atoms with Gasteiger partial charge in [0.25, 0.3) is 0 Å². The van der Waals surface area contributed by atoms with Gasteiger partial charge in [0.1, 0.15) is 35.9 Å². The van der Waals surface area contributed by atoms with E-state index in [4.69, 9.17) is 40.6 Å². The zero-order valence-corrected chi connectivity index (χ0v) is 21.4. The summed E-state index contributed by atoms with van der Waals surface area (Å²) in [4.78, 5) is 28.0. The molecule has 0 bridgehead atoms. The molecule has 198 valence electrons. The molecule has 1 aliphatic rings. The normalized spacial score (nSPS) is 24.1. The Labute approximate surface area is 212 Å². The Morgan fingerprint density at radius 2 is 2.06 bits per heavy atom.